The van der Waals surface area contributed by atoms with E-state index in [0.29, 0.717) is 12.1 Å². The zero-order valence-electron chi connectivity index (χ0n) is 58.8. The second kappa shape index (κ2) is 23.9. The van der Waals surface area contributed by atoms with Gasteiger partial charge in [-0.2, -0.15) is 0 Å². The highest BCUT2D eigenvalue weighted by atomic mass is 16.5. The smallest absolute Gasteiger partial charge is 0.256 e. The van der Waals surface area contributed by atoms with Crippen molar-refractivity contribution in [3.8, 4) is 78.3 Å². The number of rotatable bonds is 10. The molecule has 2 saturated heterocycles. The molecule has 4 bridgehead atoms. The number of anilines is 10. The molecule has 6 heterocycles. The van der Waals surface area contributed by atoms with Crippen molar-refractivity contribution in [2.75, 3.05) is 19.6 Å². The maximum Gasteiger partial charge on any atom is 0.256 e. The lowest BCUT2D eigenvalue weighted by atomic mass is 9.30. The molecule has 14 aromatic rings. The first kappa shape index (κ1) is 60.9. The summed E-state index contributed by atoms with van der Waals surface area (Å²) in [5, 5.41) is 0. The van der Waals surface area contributed by atoms with Crippen molar-refractivity contribution in [1.82, 2.24) is 0 Å². The highest BCUT2D eigenvalue weighted by molar-refractivity contribution is 7.02. The van der Waals surface area contributed by atoms with Gasteiger partial charge in [-0.25, -0.2) is 0 Å². The fourth-order valence-electron chi connectivity index (χ4n) is 19.7. The first-order valence-corrected chi connectivity index (χ1v) is 37.5. The van der Waals surface area contributed by atoms with Gasteiger partial charge in [0.15, 0.2) is 0 Å². The summed E-state index contributed by atoms with van der Waals surface area (Å²) >= 11 is 0. The molecule has 7 heteroatoms. The van der Waals surface area contributed by atoms with Crippen LogP contribution >= 0.6 is 0 Å². The van der Waals surface area contributed by atoms with Crippen LogP contribution < -0.4 is 57.1 Å². The number of hydrogen-bond donors (Lipinski definition) is 0. The Balaban J connectivity index is 0.835. The van der Waals surface area contributed by atoms with Crippen LogP contribution in [0.2, 0.25) is 0 Å². The van der Waals surface area contributed by atoms with Crippen LogP contribution in [-0.4, -0.2) is 25.5 Å². The Morgan fingerprint density at radius 3 is 1.12 bits per heavy atom. The molecule has 104 heavy (non-hydrogen) atoms. The molecule has 2 saturated carbocycles. The van der Waals surface area contributed by atoms with E-state index >= 15 is 0 Å². The first-order valence-electron chi connectivity index (χ1n) is 37.5. The molecule has 0 N–H and O–H groups in total. The molecule has 0 unspecified atom stereocenters. The van der Waals surface area contributed by atoms with E-state index in [9.17, 15) is 0 Å². The summed E-state index contributed by atoms with van der Waals surface area (Å²) in [5.41, 5.74) is 34.2. The number of ether oxygens (including phenoxy) is 1. The normalized spacial score (nSPS) is 17.5. The minimum absolute atomic E-state index is 0.182. The van der Waals surface area contributed by atoms with Gasteiger partial charge < -0.3 is 24.3 Å². The zero-order chi connectivity index (χ0) is 68.9. The average Bonchev–Trinajstić information content (AvgIpc) is 0.686. The number of para-hydroxylation sites is 3. The van der Waals surface area contributed by atoms with Crippen molar-refractivity contribution >= 4 is 103 Å². The SMILES string of the molecule is CC(C)(C)c1cc2c3c(c1)N(c1c(-c4ccccc4)cc(-c4ccccc4)cc1-c1ccccc1)c1ccccc1B3c1cc3c(cc1N2c1ccccc1)Oc1cc(N2C4CC5CC(C4)CC2C5)cc2c1B3c1ccccc1N2c1c(-c2ccccc2)cc(-c2ccccc2)cc1-c1ccccc1. The maximum absolute atomic E-state index is 8.04. The molecule has 22 rings (SSSR count). The quantitative estimate of drug-likeness (QED) is 0.127. The molecule has 8 aliphatic rings. The molecular weight excluding hydrogens is 1260 g/mol. The van der Waals surface area contributed by atoms with E-state index < -0.39 is 0 Å². The lowest BCUT2D eigenvalue weighted by Crippen LogP contribution is -2.64. The third-order valence-corrected chi connectivity index (χ3v) is 24.0. The maximum atomic E-state index is 8.04. The summed E-state index contributed by atoms with van der Waals surface area (Å²) in [7, 11) is 0. The van der Waals surface area contributed by atoms with Gasteiger partial charge in [-0.1, -0.05) is 263 Å². The van der Waals surface area contributed by atoms with Gasteiger partial charge in [0.25, 0.3) is 13.4 Å². The number of hydrogen-bond acceptors (Lipinski definition) is 5. The van der Waals surface area contributed by atoms with Crippen LogP contribution in [0.3, 0.4) is 0 Å². The van der Waals surface area contributed by atoms with Crippen LogP contribution in [0.25, 0.3) is 66.8 Å². The number of benzene rings is 14. The number of fused-ring (bicyclic) bond motifs is 8. The molecular formula is C97H76B2N4O. The van der Waals surface area contributed by atoms with Crippen LogP contribution in [0.4, 0.5) is 56.9 Å². The minimum Gasteiger partial charge on any atom is -0.458 e. The van der Waals surface area contributed by atoms with E-state index in [-0.39, 0.29) is 18.8 Å². The number of nitrogens with zero attached hydrogens (tertiary/aromatic N) is 4. The topological polar surface area (TPSA) is 22.2 Å². The fraction of sp³-hybridized carbons (Fsp3) is 0.134. The van der Waals surface area contributed by atoms with E-state index in [1.54, 1.807) is 0 Å². The lowest BCUT2D eigenvalue weighted by Gasteiger charge is -2.57. The van der Waals surface area contributed by atoms with E-state index in [1.807, 2.05) is 0 Å². The summed E-state index contributed by atoms with van der Waals surface area (Å²) in [6.07, 6.45) is 6.39. The molecule has 4 fully saturated rings. The van der Waals surface area contributed by atoms with E-state index in [4.69, 9.17) is 4.74 Å². The van der Waals surface area contributed by atoms with Crippen LogP contribution in [0.5, 0.6) is 11.5 Å². The van der Waals surface area contributed by atoms with Crippen molar-refractivity contribution in [2.24, 2.45) is 11.8 Å². The van der Waals surface area contributed by atoms with E-state index in [2.05, 4.69) is 362 Å². The Morgan fingerprint density at radius 1 is 0.288 bits per heavy atom. The van der Waals surface area contributed by atoms with E-state index in [0.717, 1.165) is 74.0 Å². The second-order valence-electron chi connectivity index (χ2n) is 31.1. The van der Waals surface area contributed by atoms with Crippen molar-refractivity contribution in [3.05, 3.63) is 327 Å². The standard InChI is InChI=1S/C97H76B2N4O/c1-97(2,3)72-56-88-93-89(57-72)102(95-77(66-33-15-6-16-34-66)52-70(64-29-11-4-12-30-64)53-78(95)67-35-17-7-18-36-67)85-45-27-25-43-81(85)98(93)83-60-84-91(61-87(83)101(88)73-41-23-10-24-42-73)104-92-59-76(100-74-48-62-47-63(50-74)51-75(100)49-62)58-90-94(92)99(84)82-44-26-28-46-86(82)103(90)96-79(68-37-19-8-20-38-68)54-71(65-31-13-5-14-32-65)55-80(96)69-39-21-9-22-40-69/h4-46,52-63,74-75H,47-51H2,1-3H3. The average molecular weight is 1340 g/mol. The van der Waals surface area contributed by atoms with Gasteiger partial charge in [-0.15, -0.1) is 0 Å². The van der Waals surface area contributed by atoms with Gasteiger partial charge in [0.1, 0.15) is 11.5 Å². The molecule has 496 valence electrons. The molecule has 0 aromatic heterocycles. The van der Waals surface area contributed by atoms with Crippen molar-refractivity contribution in [2.45, 2.75) is 70.4 Å². The summed E-state index contributed by atoms with van der Waals surface area (Å²) in [6.45, 7) is 6.75. The molecule has 0 radical (unpaired) electrons. The highest BCUT2D eigenvalue weighted by Crippen LogP contribution is 2.57. The molecule has 0 atom stereocenters. The van der Waals surface area contributed by atoms with Gasteiger partial charge >= 0.3 is 0 Å². The van der Waals surface area contributed by atoms with Crippen LogP contribution in [0, 0.1) is 11.8 Å². The summed E-state index contributed by atoms with van der Waals surface area (Å²) in [4.78, 5) is 10.8. The van der Waals surface area contributed by atoms with Crippen molar-refractivity contribution < 1.29 is 4.74 Å². The Morgan fingerprint density at radius 2 is 0.673 bits per heavy atom. The molecule has 0 spiro atoms. The van der Waals surface area contributed by atoms with Gasteiger partial charge in [0.2, 0.25) is 0 Å². The number of piperidine rings is 2. The lowest BCUT2D eigenvalue weighted by molar-refractivity contribution is 0.0900. The van der Waals surface area contributed by atoms with Gasteiger partial charge in [0, 0.05) is 92.0 Å². The zero-order valence-corrected chi connectivity index (χ0v) is 58.8. The molecule has 5 nitrogen and oxygen atoms in total. The summed E-state index contributed by atoms with van der Waals surface area (Å²) in [6, 6.07) is 122. The monoisotopic (exact) mass is 1330 g/mol. The Hall–Kier alpha value is -11.8. The highest BCUT2D eigenvalue weighted by Gasteiger charge is 2.51. The third-order valence-electron chi connectivity index (χ3n) is 24.0. The third kappa shape index (κ3) is 9.69. The molecule has 6 aliphatic heterocycles. The van der Waals surface area contributed by atoms with Gasteiger partial charge in [0.05, 0.1) is 11.4 Å². The predicted molar refractivity (Wildman–Crippen MR) is 438 cm³/mol. The fourth-order valence-corrected chi connectivity index (χ4v) is 19.7. The van der Waals surface area contributed by atoms with Gasteiger partial charge in [-0.3, -0.25) is 0 Å². The molecule has 2 aliphatic carbocycles. The Bertz CT molecular complexity index is 5580. The molecule has 14 aromatic carbocycles. The van der Waals surface area contributed by atoms with E-state index in [1.165, 1.54) is 143 Å². The minimum atomic E-state index is -0.241. The Kier molecular flexibility index (Phi) is 14.0. The largest absolute Gasteiger partial charge is 0.458 e. The summed E-state index contributed by atoms with van der Waals surface area (Å²) < 4.78 is 8.04. The van der Waals surface area contributed by atoms with Crippen LogP contribution in [0.15, 0.2) is 322 Å². The second-order valence-corrected chi connectivity index (χ2v) is 31.1. The van der Waals surface area contributed by atoms with Crippen molar-refractivity contribution in [1.29, 1.82) is 0 Å². The Labute approximate surface area is 611 Å². The van der Waals surface area contributed by atoms with Gasteiger partial charge in [-0.05, 0) is 199 Å². The van der Waals surface area contributed by atoms with Crippen LogP contribution in [-0.2, 0) is 5.41 Å². The first-order chi connectivity index (χ1) is 51.2. The predicted octanol–water partition coefficient (Wildman–Crippen LogP) is 21.2. The van der Waals surface area contributed by atoms with Crippen molar-refractivity contribution in [3.63, 3.8) is 0 Å². The summed E-state index contributed by atoms with van der Waals surface area (Å²) in [5.74, 6) is 3.44. The molecule has 0 amide bonds. The van der Waals surface area contributed by atoms with Crippen LogP contribution in [0.1, 0.15) is 58.4 Å².